The fourth-order valence-corrected chi connectivity index (χ4v) is 4.63. The molecule has 2 amide bonds. The Balaban J connectivity index is 0.000000616. The topological polar surface area (TPSA) is 133 Å². The van der Waals surface area contributed by atoms with Crippen LogP contribution in [-0.2, 0) is 20.8 Å². The lowest BCUT2D eigenvalue weighted by atomic mass is 10.0. The molecule has 224 valence electrons. The molecule has 1 aromatic heterocycles. The first-order valence-corrected chi connectivity index (χ1v) is 14.1. The van der Waals surface area contributed by atoms with Crippen molar-refractivity contribution in [2.45, 2.75) is 57.0 Å². The van der Waals surface area contributed by atoms with E-state index in [4.69, 9.17) is 5.11 Å². The van der Waals surface area contributed by atoms with Gasteiger partial charge in [-0.1, -0.05) is 54.2 Å². The number of carbonyl (C=O) groups excluding carboxylic acids is 2. The van der Waals surface area contributed by atoms with Crippen LogP contribution in [0.5, 0.6) is 0 Å². The number of rotatable bonds is 10. The number of amides is 2. The molecule has 1 fully saturated rings. The second-order valence-corrected chi connectivity index (χ2v) is 10.6. The molecule has 2 atom stereocenters. The number of aryl methyl sites for hydroxylation is 1. The van der Waals surface area contributed by atoms with Crippen LogP contribution in [0.1, 0.15) is 38.2 Å². The summed E-state index contributed by atoms with van der Waals surface area (Å²) in [6, 6.07) is 15.5. The molecule has 42 heavy (non-hydrogen) atoms. The summed E-state index contributed by atoms with van der Waals surface area (Å²) in [5, 5.41) is 25.5. The third kappa shape index (κ3) is 11.1. The van der Waals surface area contributed by atoms with Crippen LogP contribution in [0, 0.1) is 5.82 Å². The zero-order chi connectivity index (χ0) is 30.5. The summed E-state index contributed by atoms with van der Waals surface area (Å²) < 4.78 is 35.6. The molecule has 4 rings (SSSR count). The molecule has 0 spiro atoms. The number of carboxylic acids is 1. The summed E-state index contributed by atoms with van der Waals surface area (Å²) in [6.07, 6.45) is 7.50. The molecule has 0 radical (unpaired) electrons. The minimum absolute atomic E-state index is 0.0408. The number of nitrogens with zero attached hydrogens (tertiary/aromatic N) is 2. The van der Waals surface area contributed by atoms with Crippen molar-refractivity contribution in [1.29, 1.82) is 0 Å². The van der Waals surface area contributed by atoms with E-state index in [1.165, 1.54) is 35.1 Å². The van der Waals surface area contributed by atoms with Gasteiger partial charge in [0.15, 0.2) is 0 Å². The van der Waals surface area contributed by atoms with Crippen LogP contribution >= 0.6 is 11.3 Å². The largest absolute Gasteiger partial charge is 0.477 e. The summed E-state index contributed by atoms with van der Waals surface area (Å²) in [6.45, 7) is 1.17. The molecule has 2 aromatic carbocycles. The maximum absolute atomic E-state index is 13.1. The second-order valence-electron chi connectivity index (χ2n) is 9.60. The molecular weight excluding hydrogens is 571 g/mol. The smallest absolute Gasteiger partial charge is 0.374 e. The predicted octanol–water partition coefficient (Wildman–Crippen LogP) is 4.82. The lowest BCUT2D eigenvalue weighted by Gasteiger charge is -2.25. The molecule has 4 N–H and O–H groups in total. The molecular formula is C29H32F3N5O4S. The van der Waals surface area contributed by atoms with E-state index in [0.29, 0.717) is 23.5 Å². The van der Waals surface area contributed by atoms with E-state index >= 15 is 0 Å². The number of aromatic nitrogens is 2. The molecule has 0 bridgehead atoms. The highest BCUT2D eigenvalue weighted by molar-refractivity contribution is 7.18. The number of nitrogens with one attached hydrogen (secondary N) is 3. The summed E-state index contributed by atoms with van der Waals surface area (Å²) in [7, 11) is 0. The number of anilines is 1. The molecule has 0 unspecified atom stereocenters. The minimum atomic E-state index is -3.58. The van der Waals surface area contributed by atoms with Gasteiger partial charge in [0.05, 0.1) is 6.04 Å². The highest BCUT2D eigenvalue weighted by atomic mass is 32.1. The van der Waals surface area contributed by atoms with Crippen LogP contribution < -0.4 is 16.0 Å². The third-order valence-corrected chi connectivity index (χ3v) is 7.03. The van der Waals surface area contributed by atoms with Crippen LogP contribution in [0.4, 0.5) is 18.3 Å². The van der Waals surface area contributed by atoms with Gasteiger partial charge in [0.25, 0.3) is 0 Å². The van der Waals surface area contributed by atoms with E-state index in [1.54, 1.807) is 18.2 Å². The quantitative estimate of drug-likeness (QED) is 0.244. The van der Waals surface area contributed by atoms with Crippen molar-refractivity contribution in [2.75, 3.05) is 11.9 Å². The van der Waals surface area contributed by atoms with E-state index < -0.39 is 11.9 Å². The van der Waals surface area contributed by atoms with Crippen molar-refractivity contribution >= 4 is 34.3 Å². The van der Waals surface area contributed by atoms with Gasteiger partial charge in [-0.05, 0) is 62.1 Å². The Morgan fingerprint density at radius 3 is 2.43 bits per heavy atom. The summed E-state index contributed by atoms with van der Waals surface area (Å²) in [5.41, 5.74) is 1.89. The number of hydrogen-bond donors (Lipinski definition) is 4. The zero-order valence-electron chi connectivity index (χ0n) is 22.9. The van der Waals surface area contributed by atoms with Gasteiger partial charge < -0.3 is 15.7 Å². The van der Waals surface area contributed by atoms with Gasteiger partial charge in [0.2, 0.25) is 16.9 Å². The summed E-state index contributed by atoms with van der Waals surface area (Å²) in [4.78, 5) is 34.6. The number of benzene rings is 2. The average Bonchev–Trinajstić information content (AvgIpc) is 3.44. The molecule has 0 aliphatic carbocycles. The molecule has 1 aliphatic rings. The summed E-state index contributed by atoms with van der Waals surface area (Å²) >= 11 is 1.20. The van der Waals surface area contributed by atoms with Gasteiger partial charge in [-0.2, -0.15) is 8.78 Å². The Hall–Kier alpha value is -4.10. The maximum atomic E-state index is 13.1. The van der Waals surface area contributed by atoms with Gasteiger partial charge in [0.1, 0.15) is 10.8 Å². The number of piperidine rings is 1. The number of alkyl halides is 2. The van der Waals surface area contributed by atoms with Crippen molar-refractivity contribution in [3.63, 3.8) is 0 Å². The fourth-order valence-electron chi connectivity index (χ4n) is 3.88. The Labute approximate surface area is 245 Å². The number of halogens is 3. The van der Waals surface area contributed by atoms with E-state index in [9.17, 15) is 27.6 Å². The van der Waals surface area contributed by atoms with Crippen LogP contribution in [0.3, 0.4) is 0 Å². The van der Waals surface area contributed by atoms with Gasteiger partial charge in [-0.25, -0.2) is 9.18 Å². The normalized spacial score (nSPS) is 15.8. The Bertz CT molecular complexity index is 1340. The highest BCUT2D eigenvalue weighted by Gasteiger charge is 2.31. The van der Waals surface area contributed by atoms with Gasteiger partial charge in [-0.15, -0.1) is 10.2 Å². The monoisotopic (exact) mass is 603 g/mol. The first-order chi connectivity index (χ1) is 20.0. The average molecular weight is 604 g/mol. The summed E-state index contributed by atoms with van der Waals surface area (Å²) in [5.74, 6) is -6.40. The number of aliphatic carboxylic acids is 1. The molecule has 1 saturated heterocycles. The maximum Gasteiger partial charge on any atom is 0.374 e. The van der Waals surface area contributed by atoms with Gasteiger partial charge >= 0.3 is 11.9 Å². The number of carboxylic acid groups (broad SMARTS) is 1. The molecule has 2 heterocycles. The second kappa shape index (κ2) is 15.8. The van der Waals surface area contributed by atoms with E-state index in [-0.39, 0.29) is 29.7 Å². The van der Waals surface area contributed by atoms with Crippen molar-refractivity contribution in [1.82, 2.24) is 20.8 Å². The van der Waals surface area contributed by atoms with E-state index in [1.807, 2.05) is 30.3 Å². The van der Waals surface area contributed by atoms with Crippen molar-refractivity contribution in [3.8, 4) is 10.6 Å². The molecule has 3 aromatic rings. The van der Waals surface area contributed by atoms with Gasteiger partial charge in [-0.3, -0.25) is 14.9 Å². The highest BCUT2D eigenvalue weighted by Crippen LogP contribution is 2.26. The zero-order valence-corrected chi connectivity index (χ0v) is 23.7. The predicted molar refractivity (Wildman–Crippen MR) is 154 cm³/mol. The fraction of sp³-hybridized carbons (Fsp3) is 0.345. The van der Waals surface area contributed by atoms with Gasteiger partial charge in [0, 0.05) is 24.6 Å². The SMILES string of the molecule is CC(F)(F)C(=O)O.O=C(/C=C/[C@H](CCc1ccccc1)NC(=O)[C@@H]1CCCCN1)Nc1nnc(-c2ccc(F)cc2)s1. The van der Waals surface area contributed by atoms with Crippen molar-refractivity contribution in [3.05, 3.63) is 78.1 Å². The van der Waals surface area contributed by atoms with Crippen molar-refractivity contribution in [2.24, 2.45) is 0 Å². The van der Waals surface area contributed by atoms with Crippen molar-refractivity contribution < 1.29 is 32.7 Å². The Kier molecular flexibility index (Phi) is 12.2. The first-order valence-electron chi connectivity index (χ1n) is 13.3. The number of carbonyl (C=O) groups is 3. The Morgan fingerprint density at radius 1 is 1.12 bits per heavy atom. The van der Waals surface area contributed by atoms with Crippen LogP contribution in [0.2, 0.25) is 0 Å². The lowest BCUT2D eigenvalue weighted by molar-refractivity contribution is -0.161. The van der Waals surface area contributed by atoms with E-state index in [0.717, 1.165) is 37.8 Å². The van der Waals surface area contributed by atoms with Crippen LogP contribution in [-0.4, -0.2) is 57.6 Å². The van der Waals surface area contributed by atoms with Crippen LogP contribution in [0.25, 0.3) is 10.6 Å². The third-order valence-electron chi connectivity index (χ3n) is 6.14. The minimum Gasteiger partial charge on any atom is -0.477 e. The Morgan fingerprint density at radius 2 is 1.81 bits per heavy atom. The first kappa shape index (κ1) is 32.4. The number of hydrogen-bond acceptors (Lipinski definition) is 7. The molecule has 0 saturated carbocycles. The molecule has 13 heteroatoms. The van der Waals surface area contributed by atoms with Crippen LogP contribution in [0.15, 0.2) is 66.7 Å². The molecule has 1 aliphatic heterocycles. The van der Waals surface area contributed by atoms with E-state index in [2.05, 4.69) is 26.1 Å². The standard InChI is InChI=1S/C26H28FN5O2S.C3H4F2O2/c27-20-12-10-19(11-13-20)25-31-32-26(35-25)30-23(33)16-15-21(14-9-18-6-2-1-3-7-18)29-24(34)22-8-4-5-17-28-22;1-3(4,5)2(6)7/h1-3,6-7,10-13,15-16,21-22,28H,4-5,8-9,14,17H2,(H,29,34)(H,30,32,33);1H3,(H,6,7)/b16-15+;/t21-,22-;/m0./s1. The molecule has 9 nitrogen and oxygen atoms in total. The lowest BCUT2D eigenvalue weighted by Crippen LogP contribution is -2.49.